The number of hydrogen-bond acceptors (Lipinski definition) is 3. The Morgan fingerprint density at radius 3 is 3.00 bits per heavy atom. The molecule has 2 N–H and O–H groups in total. The van der Waals surface area contributed by atoms with E-state index in [1.54, 1.807) is 0 Å². The molecule has 110 valence electrons. The van der Waals surface area contributed by atoms with Crippen molar-refractivity contribution in [3.05, 3.63) is 29.3 Å². The molecule has 20 heavy (non-hydrogen) atoms. The van der Waals surface area contributed by atoms with E-state index < -0.39 is 12.1 Å². The Morgan fingerprint density at radius 2 is 2.35 bits per heavy atom. The van der Waals surface area contributed by atoms with Gasteiger partial charge in [0, 0.05) is 6.04 Å². The molecule has 0 amide bonds. The highest BCUT2D eigenvalue weighted by Gasteiger charge is 2.24. The third-order valence-electron chi connectivity index (χ3n) is 3.91. The molecule has 0 spiro atoms. The fourth-order valence-electron chi connectivity index (χ4n) is 2.87. The van der Waals surface area contributed by atoms with Crippen LogP contribution in [0.15, 0.2) is 18.2 Å². The maximum Gasteiger partial charge on any atom is 0.344 e. The maximum absolute atomic E-state index is 11.2. The van der Waals surface area contributed by atoms with Crippen LogP contribution in [0.1, 0.15) is 49.8 Å². The van der Waals surface area contributed by atoms with Crippen molar-refractivity contribution in [1.29, 1.82) is 0 Å². The molecule has 0 radical (unpaired) electrons. The number of hydrogen-bond donors (Lipinski definition) is 2. The van der Waals surface area contributed by atoms with Gasteiger partial charge >= 0.3 is 5.97 Å². The summed E-state index contributed by atoms with van der Waals surface area (Å²) < 4.78 is 5.78. The van der Waals surface area contributed by atoms with Crippen molar-refractivity contribution in [1.82, 2.24) is 5.32 Å². The summed E-state index contributed by atoms with van der Waals surface area (Å²) in [5, 5.41) is 12.5. The number of nitrogens with one attached hydrogen (secondary N) is 1. The first-order chi connectivity index (χ1) is 9.67. The molecule has 2 atom stereocenters. The first kappa shape index (κ1) is 14.9. The van der Waals surface area contributed by atoms with Crippen molar-refractivity contribution in [3.8, 4) is 5.75 Å². The zero-order chi connectivity index (χ0) is 14.5. The molecule has 4 nitrogen and oxygen atoms in total. The van der Waals surface area contributed by atoms with E-state index in [-0.39, 0.29) is 0 Å². The predicted molar refractivity (Wildman–Crippen MR) is 78.1 cm³/mol. The van der Waals surface area contributed by atoms with Crippen LogP contribution in [-0.2, 0) is 11.2 Å². The molecule has 0 saturated carbocycles. The lowest BCUT2D eigenvalue weighted by molar-refractivity contribution is -0.145. The molecule has 2 rings (SSSR count). The zero-order valence-electron chi connectivity index (χ0n) is 12.2. The highest BCUT2D eigenvalue weighted by molar-refractivity contribution is 5.72. The predicted octanol–water partition coefficient (Wildman–Crippen LogP) is 2.92. The van der Waals surface area contributed by atoms with Gasteiger partial charge in [-0.05, 0) is 49.9 Å². The van der Waals surface area contributed by atoms with Gasteiger partial charge < -0.3 is 15.2 Å². The molecular weight excluding hydrogens is 254 g/mol. The van der Waals surface area contributed by atoms with E-state index in [0.717, 1.165) is 31.4 Å². The molecule has 0 fully saturated rings. The lowest BCUT2D eigenvalue weighted by Gasteiger charge is -2.27. The van der Waals surface area contributed by atoms with Crippen molar-refractivity contribution in [2.24, 2.45) is 0 Å². The van der Waals surface area contributed by atoms with Gasteiger partial charge in [0.05, 0.1) is 0 Å². The topological polar surface area (TPSA) is 58.6 Å². The Bertz CT molecular complexity index is 473. The van der Waals surface area contributed by atoms with Gasteiger partial charge in [0.1, 0.15) is 5.75 Å². The van der Waals surface area contributed by atoms with Gasteiger partial charge in [-0.3, -0.25) is 0 Å². The molecular formula is C16H23NO3. The lowest BCUT2D eigenvalue weighted by Crippen LogP contribution is -2.28. The van der Waals surface area contributed by atoms with E-state index in [0.29, 0.717) is 12.5 Å². The standard InChI is InChI=1S/C16H23NO3/c1-3-6-15(16(18)19)20-14-10-5-7-11-12(14)8-4-9-13(11)17-2/h5,7,10,13,15,17H,3-4,6,8-9H2,1-2H3,(H,18,19). The Balaban J connectivity index is 2.26. The number of ether oxygens (including phenoxy) is 1. The Hall–Kier alpha value is -1.55. The number of aliphatic carboxylic acids is 1. The molecule has 2 unspecified atom stereocenters. The molecule has 0 heterocycles. The number of carboxylic acid groups (broad SMARTS) is 1. The third kappa shape index (κ3) is 3.12. The second kappa shape index (κ2) is 6.75. The highest BCUT2D eigenvalue weighted by Crippen LogP contribution is 2.35. The largest absolute Gasteiger partial charge is 0.479 e. The van der Waals surface area contributed by atoms with Gasteiger partial charge in [0.2, 0.25) is 0 Å². The van der Waals surface area contributed by atoms with Crippen LogP contribution in [0.2, 0.25) is 0 Å². The van der Waals surface area contributed by atoms with Crippen LogP contribution in [-0.4, -0.2) is 24.2 Å². The smallest absolute Gasteiger partial charge is 0.344 e. The highest BCUT2D eigenvalue weighted by atomic mass is 16.5. The van der Waals surface area contributed by atoms with E-state index in [9.17, 15) is 9.90 Å². The quantitative estimate of drug-likeness (QED) is 0.839. The van der Waals surface area contributed by atoms with E-state index in [4.69, 9.17) is 4.74 Å². The van der Waals surface area contributed by atoms with Crippen LogP contribution in [0.3, 0.4) is 0 Å². The van der Waals surface area contributed by atoms with Gasteiger partial charge in [0.25, 0.3) is 0 Å². The van der Waals surface area contributed by atoms with E-state index >= 15 is 0 Å². The average molecular weight is 277 g/mol. The lowest BCUT2D eigenvalue weighted by atomic mass is 9.87. The van der Waals surface area contributed by atoms with Gasteiger partial charge in [-0.15, -0.1) is 0 Å². The second-order valence-corrected chi connectivity index (χ2v) is 5.29. The van der Waals surface area contributed by atoms with Gasteiger partial charge in [0.15, 0.2) is 6.10 Å². The fourth-order valence-corrected chi connectivity index (χ4v) is 2.87. The first-order valence-electron chi connectivity index (χ1n) is 7.35. The van der Waals surface area contributed by atoms with E-state index in [1.807, 2.05) is 26.1 Å². The van der Waals surface area contributed by atoms with Gasteiger partial charge in [-0.2, -0.15) is 0 Å². The minimum atomic E-state index is -0.884. The Kier molecular flexibility index (Phi) is 5.01. The average Bonchev–Trinajstić information content (AvgIpc) is 2.46. The molecule has 1 aliphatic rings. The summed E-state index contributed by atoms with van der Waals surface area (Å²) in [6, 6.07) is 6.30. The van der Waals surface area contributed by atoms with Crippen LogP contribution < -0.4 is 10.1 Å². The van der Waals surface area contributed by atoms with E-state index in [2.05, 4.69) is 11.4 Å². The summed E-state index contributed by atoms with van der Waals surface area (Å²) in [6.45, 7) is 1.97. The molecule has 1 aliphatic carbocycles. The monoisotopic (exact) mass is 277 g/mol. The van der Waals surface area contributed by atoms with Crippen LogP contribution in [0.5, 0.6) is 5.75 Å². The summed E-state index contributed by atoms with van der Waals surface area (Å²) >= 11 is 0. The van der Waals surface area contributed by atoms with Crippen LogP contribution in [0.4, 0.5) is 0 Å². The SMILES string of the molecule is CCCC(Oc1cccc2c1CCCC2NC)C(=O)O. The Morgan fingerprint density at radius 1 is 1.55 bits per heavy atom. The number of benzene rings is 1. The van der Waals surface area contributed by atoms with Crippen LogP contribution in [0, 0.1) is 0 Å². The van der Waals surface area contributed by atoms with Crippen molar-refractivity contribution in [2.75, 3.05) is 7.05 Å². The van der Waals surface area contributed by atoms with Crippen LogP contribution >= 0.6 is 0 Å². The molecule has 0 saturated heterocycles. The van der Waals surface area contributed by atoms with Crippen LogP contribution in [0.25, 0.3) is 0 Å². The van der Waals surface area contributed by atoms with Gasteiger partial charge in [-0.25, -0.2) is 4.79 Å². The molecule has 0 bridgehead atoms. The summed E-state index contributed by atoms with van der Waals surface area (Å²) in [5.41, 5.74) is 2.41. The second-order valence-electron chi connectivity index (χ2n) is 5.29. The van der Waals surface area contributed by atoms with Gasteiger partial charge in [-0.1, -0.05) is 25.5 Å². The first-order valence-corrected chi connectivity index (χ1v) is 7.35. The van der Waals surface area contributed by atoms with E-state index in [1.165, 1.54) is 11.1 Å². The molecule has 0 aromatic heterocycles. The van der Waals surface area contributed by atoms with Crippen molar-refractivity contribution in [2.45, 2.75) is 51.2 Å². The minimum absolute atomic E-state index is 0.344. The normalized spacial score (nSPS) is 19.2. The number of rotatable bonds is 6. The zero-order valence-corrected chi connectivity index (χ0v) is 12.2. The summed E-state index contributed by atoms with van der Waals surface area (Å²) in [7, 11) is 1.96. The fraction of sp³-hybridized carbons (Fsp3) is 0.562. The third-order valence-corrected chi connectivity index (χ3v) is 3.91. The summed E-state index contributed by atoms with van der Waals surface area (Å²) in [6.07, 6.45) is 3.76. The summed E-state index contributed by atoms with van der Waals surface area (Å²) in [4.78, 5) is 11.2. The minimum Gasteiger partial charge on any atom is -0.479 e. The summed E-state index contributed by atoms with van der Waals surface area (Å²) in [5.74, 6) is -0.145. The molecule has 4 heteroatoms. The molecule has 1 aromatic rings. The van der Waals surface area contributed by atoms with Crippen molar-refractivity contribution in [3.63, 3.8) is 0 Å². The van der Waals surface area contributed by atoms with Crippen molar-refractivity contribution < 1.29 is 14.6 Å². The number of carbonyl (C=O) groups is 1. The molecule has 0 aliphatic heterocycles. The molecule has 1 aromatic carbocycles. The Labute approximate surface area is 120 Å². The maximum atomic E-state index is 11.2. The number of carboxylic acids is 1. The number of fused-ring (bicyclic) bond motifs is 1. The van der Waals surface area contributed by atoms with Crippen molar-refractivity contribution >= 4 is 5.97 Å².